The lowest BCUT2D eigenvalue weighted by Gasteiger charge is -2.15. The first-order chi connectivity index (χ1) is 9.69. The molecule has 0 bridgehead atoms. The molecular formula is C16H24N2O2. The number of para-hydroxylation sites is 1. The number of hydrogen-bond donors (Lipinski definition) is 2. The Morgan fingerprint density at radius 3 is 2.90 bits per heavy atom. The van der Waals surface area contributed by atoms with Crippen LogP contribution >= 0.6 is 0 Å². The van der Waals surface area contributed by atoms with Crippen LogP contribution in [0.1, 0.15) is 25.8 Å². The van der Waals surface area contributed by atoms with Gasteiger partial charge in [-0.1, -0.05) is 37.8 Å². The summed E-state index contributed by atoms with van der Waals surface area (Å²) < 4.78 is 5.59. The Morgan fingerprint density at radius 2 is 2.20 bits per heavy atom. The molecule has 4 heteroatoms. The lowest BCUT2D eigenvalue weighted by Crippen LogP contribution is -2.42. The Balaban J connectivity index is 2.52. The number of carbonyl (C=O) groups excluding carboxylic acids is 1. The number of amides is 1. The highest BCUT2D eigenvalue weighted by Crippen LogP contribution is 2.17. The lowest BCUT2D eigenvalue weighted by atomic mass is 10.2. The van der Waals surface area contributed by atoms with Gasteiger partial charge in [0.05, 0.1) is 6.04 Å². The summed E-state index contributed by atoms with van der Waals surface area (Å²) in [5.74, 6) is 0.845. The van der Waals surface area contributed by atoms with E-state index in [1.807, 2.05) is 38.1 Å². The molecule has 1 amide bonds. The monoisotopic (exact) mass is 276 g/mol. The Morgan fingerprint density at radius 1 is 1.45 bits per heavy atom. The molecule has 20 heavy (non-hydrogen) atoms. The van der Waals surface area contributed by atoms with Crippen molar-refractivity contribution in [2.75, 3.05) is 13.2 Å². The van der Waals surface area contributed by atoms with E-state index in [4.69, 9.17) is 4.74 Å². The molecule has 0 fully saturated rings. The summed E-state index contributed by atoms with van der Waals surface area (Å²) in [6.07, 6.45) is 2.65. The third-order valence-corrected chi connectivity index (χ3v) is 2.87. The fourth-order valence-corrected chi connectivity index (χ4v) is 1.70. The van der Waals surface area contributed by atoms with Crippen LogP contribution in [0.2, 0.25) is 0 Å². The van der Waals surface area contributed by atoms with Gasteiger partial charge >= 0.3 is 0 Å². The van der Waals surface area contributed by atoms with Gasteiger partial charge in [-0.25, -0.2) is 0 Å². The van der Waals surface area contributed by atoms with Crippen LogP contribution in [0.15, 0.2) is 36.9 Å². The standard InChI is InChI=1S/C16H24N2O2/c1-4-10-17-16(19)13(3)18-12-14-8-6-7-9-15(14)20-11-5-2/h5-9,13,18H,2,4,10-12H2,1,3H3,(H,17,19). The topological polar surface area (TPSA) is 50.4 Å². The number of benzene rings is 1. The Kier molecular flexibility index (Phi) is 7.43. The van der Waals surface area contributed by atoms with Crippen molar-refractivity contribution in [3.63, 3.8) is 0 Å². The Bertz CT molecular complexity index is 432. The second-order valence-corrected chi connectivity index (χ2v) is 4.60. The van der Waals surface area contributed by atoms with Crippen molar-refractivity contribution in [3.8, 4) is 5.75 Å². The zero-order valence-electron chi connectivity index (χ0n) is 12.3. The van der Waals surface area contributed by atoms with E-state index in [9.17, 15) is 4.79 Å². The van der Waals surface area contributed by atoms with E-state index in [-0.39, 0.29) is 11.9 Å². The van der Waals surface area contributed by atoms with Gasteiger partial charge in [0.1, 0.15) is 12.4 Å². The highest BCUT2D eigenvalue weighted by molar-refractivity contribution is 5.81. The molecule has 0 saturated carbocycles. The van der Waals surface area contributed by atoms with Gasteiger partial charge < -0.3 is 15.4 Å². The molecule has 0 heterocycles. The minimum atomic E-state index is -0.228. The maximum absolute atomic E-state index is 11.8. The minimum absolute atomic E-state index is 0.0244. The summed E-state index contributed by atoms with van der Waals surface area (Å²) in [5.41, 5.74) is 1.03. The van der Waals surface area contributed by atoms with Crippen LogP contribution in [-0.4, -0.2) is 25.1 Å². The average molecular weight is 276 g/mol. The first kappa shape index (κ1) is 16.2. The molecule has 0 aliphatic heterocycles. The van der Waals surface area contributed by atoms with Gasteiger partial charge in [0.2, 0.25) is 5.91 Å². The molecule has 2 N–H and O–H groups in total. The van der Waals surface area contributed by atoms with Crippen LogP contribution in [0.25, 0.3) is 0 Å². The van der Waals surface area contributed by atoms with Gasteiger partial charge in [-0.15, -0.1) is 0 Å². The summed E-state index contributed by atoms with van der Waals surface area (Å²) in [6, 6.07) is 7.57. The first-order valence-electron chi connectivity index (χ1n) is 7.01. The predicted molar refractivity (Wildman–Crippen MR) is 81.7 cm³/mol. The molecule has 110 valence electrons. The molecule has 1 rings (SSSR count). The molecule has 0 saturated heterocycles. The molecule has 0 spiro atoms. The molecule has 1 unspecified atom stereocenters. The molecule has 0 aromatic heterocycles. The van der Waals surface area contributed by atoms with Crippen LogP contribution < -0.4 is 15.4 Å². The van der Waals surface area contributed by atoms with Crippen LogP contribution in [0.3, 0.4) is 0 Å². The van der Waals surface area contributed by atoms with Crippen molar-refractivity contribution in [1.29, 1.82) is 0 Å². The van der Waals surface area contributed by atoms with Crippen LogP contribution in [0.4, 0.5) is 0 Å². The molecule has 1 atom stereocenters. The van der Waals surface area contributed by atoms with E-state index >= 15 is 0 Å². The smallest absolute Gasteiger partial charge is 0.236 e. The summed E-state index contributed by atoms with van der Waals surface area (Å²) in [4.78, 5) is 11.8. The van der Waals surface area contributed by atoms with Gasteiger partial charge in [-0.2, -0.15) is 0 Å². The van der Waals surface area contributed by atoms with E-state index in [0.717, 1.165) is 17.7 Å². The molecular weight excluding hydrogens is 252 g/mol. The quantitative estimate of drug-likeness (QED) is 0.680. The number of hydrogen-bond acceptors (Lipinski definition) is 3. The van der Waals surface area contributed by atoms with E-state index in [1.54, 1.807) is 6.08 Å². The second kappa shape index (κ2) is 9.15. The molecule has 1 aromatic carbocycles. The maximum atomic E-state index is 11.8. The first-order valence-corrected chi connectivity index (χ1v) is 7.01. The van der Waals surface area contributed by atoms with Crippen LogP contribution in [-0.2, 0) is 11.3 Å². The zero-order chi connectivity index (χ0) is 14.8. The molecule has 1 aromatic rings. The highest BCUT2D eigenvalue weighted by atomic mass is 16.5. The van der Waals surface area contributed by atoms with E-state index in [2.05, 4.69) is 17.2 Å². The highest BCUT2D eigenvalue weighted by Gasteiger charge is 2.12. The maximum Gasteiger partial charge on any atom is 0.236 e. The largest absolute Gasteiger partial charge is 0.489 e. The van der Waals surface area contributed by atoms with Crippen LogP contribution in [0, 0.1) is 0 Å². The number of rotatable bonds is 9. The Hall–Kier alpha value is -1.81. The number of ether oxygens (including phenoxy) is 1. The minimum Gasteiger partial charge on any atom is -0.489 e. The van der Waals surface area contributed by atoms with Crippen molar-refractivity contribution in [1.82, 2.24) is 10.6 Å². The lowest BCUT2D eigenvalue weighted by molar-refractivity contribution is -0.122. The number of nitrogens with one attached hydrogen (secondary N) is 2. The normalized spacial score (nSPS) is 11.7. The van der Waals surface area contributed by atoms with E-state index in [1.165, 1.54) is 0 Å². The van der Waals surface area contributed by atoms with Crippen molar-refractivity contribution >= 4 is 5.91 Å². The summed E-state index contributed by atoms with van der Waals surface area (Å²) in [6.45, 7) is 9.31. The summed E-state index contributed by atoms with van der Waals surface area (Å²) in [5, 5.41) is 6.08. The van der Waals surface area contributed by atoms with Gasteiger partial charge in [-0.3, -0.25) is 4.79 Å². The van der Waals surface area contributed by atoms with Gasteiger partial charge in [0, 0.05) is 18.7 Å². The zero-order valence-corrected chi connectivity index (χ0v) is 12.3. The van der Waals surface area contributed by atoms with Gasteiger partial charge in [0.15, 0.2) is 0 Å². The fraction of sp³-hybridized carbons (Fsp3) is 0.438. The third-order valence-electron chi connectivity index (χ3n) is 2.87. The second-order valence-electron chi connectivity index (χ2n) is 4.60. The van der Waals surface area contributed by atoms with E-state index in [0.29, 0.717) is 19.7 Å². The van der Waals surface area contributed by atoms with Crippen molar-refractivity contribution in [3.05, 3.63) is 42.5 Å². The van der Waals surface area contributed by atoms with Crippen LogP contribution in [0.5, 0.6) is 5.75 Å². The van der Waals surface area contributed by atoms with E-state index < -0.39 is 0 Å². The van der Waals surface area contributed by atoms with Gasteiger partial charge in [0.25, 0.3) is 0 Å². The molecule has 0 aliphatic rings. The predicted octanol–water partition coefficient (Wildman–Crippen LogP) is 2.26. The Labute approximate surface area is 121 Å². The SMILES string of the molecule is C=CCOc1ccccc1CNC(C)C(=O)NCCC. The van der Waals surface area contributed by atoms with Gasteiger partial charge in [-0.05, 0) is 19.4 Å². The molecule has 0 aliphatic carbocycles. The third kappa shape index (κ3) is 5.45. The van der Waals surface area contributed by atoms with Crippen molar-refractivity contribution in [2.24, 2.45) is 0 Å². The molecule has 4 nitrogen and oxygen atoms in total. The fourth-order valence-electron chi connectivity index (χ4n) is 1.70. The summed E-state index contributed by atoms with van der Waals surface area (Å²) >= 11 is 0. The van der Waals surface area contributed by atoms with Crippen molar-refractivity contribution in [2.45, 2.75) is 32.9 Å². The number of carbonyl (C=O) groups is 1. The average Bonchev–Trinajstić information content (AvgIpc) is 2.48. The van der Waals surface area contributed by atoms with Crippen molar-refractivity contribution < 1.29 is 9.53 Å². The summed E-state index contributed by atoms with van der Waals surface area (Å²) in [7, 11) is 0. The molecule has 0 radical (unpaired) electrons.